The Labute approximate surface area is 56.5 Å². The van der Waals surface area contributed by atoms with Gasteiger partial charge in [0.25, 0.3) is 0 Å². The van der Waals surface area contributed by atoms with E-state index in [2.05, 4.69) is 6.92 Å². The monoisotopic (exact) mass is 152 g/mol. The molecule has 50 valence electrons. The summed E-state index contributed by atoms with van der Waals surface area (Å²) in [7, 11) is 0. The van der Waals surface area contributed by atoms with Gasteiger partial charge in [-0.2, -0.15) is 0 Å². The molecule has 0 radical (unpaired) electrons. The Morgan fingerprint density at radius 1 is 1.50 bits per heavy atom. The standard InChI is InChI=1S/C5H13OPS/c1-4-6-7(3,8)5-2/h4-5H2,1-3H3. The minimum absolute atomic E-state index is 0.765. The molecule has 0 fully saturated rings. The molecule has 1 nitrogen and oxygen atoms in total. The van der Waals surface area contributed by atoms with Crippen molar-refractivity contribution in [1.29, 1.82) is 0 Å². The van der Waals surface area contributed by atoms with Crippen LogP contribution in [-0.4, -0.2) is 19.4 Å². The summed E-state index contributed by atoms with van der Waals surface area (Å²) in [4.78, 5) is 0. The third-order valence-corrected chi connectivity index (χ3v) is 4.02. The van der Waals surface area contributed by atoms with Crippen LogP contribution in [0.2, 0.25) is 0 Å². The molecule has 0 N–H and O–H groups in total. The van der Waals surface area contributed by atoms with Gasteiger partial charge in [0, 0.05) is 6.61 Å². The van der Waals surface area contributed by atoms with Gasteiger partial charge >= 0.3 is 0 Å². The van der Waals surface area contributed by atoms with Gasteiger partial charge in [0.05, 0.1) is 6.26 Å². The van der Waals surface area contributed by atoms with Gasteiger partial charge in [-0.15, -0.1) is 0 Å². The summed E-state index contributed by atoms with van der Waals surface area (Å²) in [6.45, 7) is 6.87. The first-order valence-corrected chi connectivity index (χ1v) is 6.18. The van der Waals surface area contributed by atoms with Gasteiger partial charge in [-0.05, 0) is 19.8 Å². The van der Waals surface area contributed by atoms with Crippen molar-refractivity contribution in [3.63, 3.8) is 0 Å². The highest BCUT2D eigenvalue weighted by atomic mass is 32.4. The van der Waals surface area contributed by atoms with E-state index in [9.17, 15) is 0 Å². The Kier molecular flexibility index (Phi) is 3.87. The van der Waals surface area contributed by atoms with Gasteiger partial charge in [-0.1, -0.05) is 18.7 Å². The fourth-order valence-electron chi connectivity index (χ4n) is 0.364. The first-order valence-electron chi connectivity index (χ1n) is 2.83. The quantitative estimate of drug-likeness (QED) is 0.572. The summed E-state index contributed by atoms with van der Waals surface area (Å²) in [5.74, 6) is 0. The SMILES string of the molecule is CCOP(C)(=S)CC. The Hall–Kier alpha value is 0.610. The maximum absolute atomic E-state index is 5.30. The predicted octanol–water partition coefficient (Wildman–Crippen LogP) is 2.07. The smallest absolute Gasteiger partial charge is 0.0642 e. The highest BCUT2D eigenvalue weighted by Gasteiger charge is 2.03. The van der Waals surface area contributed by atoms with Crippen LogP contribution in [0.25, 0.3) is 0 Å². The Morgan fingerprint density at radius 2 is 2.00 bits per heavy atom. The molecule has 0 aromatic heterocycles. The van der Waals surface area contributed by atoms with E-state index in [1.165, 1.54) is 0 Å². The van der Waals surface area contributed by atoms with E-state index in [0.717, 1.165) is 12.8 Å². The predicted molar refractivity (Wildman–Crippen MR) is 42.4 cm³/mol. The second-order valence-corrected chi connectivity index (χ2v) is 6.98. The van der Waals surface area contributed by atoms with Crippen LogP contribution >= 0.6 is 6.26 Å². The Balaban J connectivity index is 3.55. The molecule has 0 saturated carbocycles. The summed E-state index contributed by atoms with van der Waals surface area (Å²) in [5, 5.41) is 0. The van der Waals surface area contributed by atoms with Crippen LogP contribution in [0.3, 0.4) is 0 Å². The largest absolute Gasteiger partial charge is 0.351 e. The molecule has 0 rings (SSSR count). The zero-order valence-corrected chi connectivity index (χ0v) is 7.39. The molecule has 0 amide bonds. The van der Waals surface area contributed by atoms with E-state index in [4.69, 9.17) is 16.3 Å². The zero-order chi connectivity index (χ0) is 6.62. The molecule has 0 saturated heterocycles. The van der Waals surface area contributed by atoms with Crippen molar-refractivity contribution in [3.8, 4) is 0 Å². The first-order chi connectivity index (χ1) is 3.62. The van der Waals surface area contributed by atoms with Gasteiger partial charge in [-0.3, -0.25) is 0 Å². The lowest BCUT2D eigenvalue weighted by Gasteiger charge is -2.12. The molecule has 0 aromatic rings. The summed E-state index contributed by atoms with van der Waals surface area (Å²) in [6, 6.07) is 0. The van der Waals surface area contributed by atoms with Gasteiger partial charge in [0.1, 0.15) is 0 Å². The fraction of sp³-hybridized carbons (Fsp3) is 1.00. The van der Waals surface area contributed by atoms with Crippen LogP contribution in [0.5, 0.6) is 0 Å². The fourth-order valence-corrected chi connectivity index (χ4v) is 1.41. The van der Waals surface area contributed by atoms with Gasteiger partial charge in [0.2, 0.25) is 0 Å². The normalized spacial score (nSPS) is 17.9. The van der Waals surface area contributed by atoms with Crippen LogP contribution in [0.15, 0.2) is 0 Å². The van der Waals surface area contributed by atoms with Crippen molar-refractivity contribution >= 4 is 18.1 Å². The number of hydrogen-bond acceptors (Lipinski definition) is 2. The number of rotatable bonds is 3. The Morgan fingerprint density at radius 3 is 2.12 bits per heavy atom. The minimum Gasteiger partial charge on any atom is -0.351 e. The van der Waals surface area contributed by atoms with E-state index >= 15 is 0 Å². The van der Waals surface area contributed by atoms with Crippen molar-refractivity contribution in [2.24, 2.45) is 0 Å². The van der Waals surface area contributed by atoms with Gasteiger partial charge in [0.15, 0.2) is 0 Å². The van der Waals surface area contributed by atoms with Crippen molar-refractivity contribution < 1.29 is 4.52 Å². The average Bonchev–Trinajstić information content (AvgIpc) is 1.67. The molecule has 1 unspecified atom stereocenters. The van der Waals surface area contributed by atoms with Crippen molar-refractivity contribution in [2.75, 3.05) is 19.4 Å². The van der Waals surface area contributed by atoms with Crippen molar-refractivity contribution in [2.45, 2.75) is 13.8 Å². The first kappa shape index (κ1) is 8.61. The second kappa shape index (κ2) is 3.60. The molecular weight excluding hydrogens is 139 g/mol. The topological polar surface area (TPSA) is 9.23 Å². The third kappa shape index (κ3) is 3.59. The van der Waals surface area contributed by atoms with E-state index < -0.39 is 6.26 Å². The highest BCUT2D eigenvalue weighted by molar-refractivity contribution is 8.11. The lowest BCUT2D eigenvalue weighted by molar-refractivity contribution is 0.379. The summed E-state index contributed by atoms with van der Waals surface area (Å²) < 4.78 is 5.30. The molecule has 3 heteroatoms. The Bertz CT molecular complexity index is 103. The molecule has 8 heavy (non-hydrogen) atoms. The van der Waals surface area contributed by atoms with E-state index in [1.807, 2.05) is 13.6 Å². The minimum atomic E-state index is -1.34. The molecule has 0 aromatic carbocycles. The lowest BCUT2D eigenvalue weighted by Crippen LogP contribution is -1.88. The summed E-state index contributed by atoms with van der Waals surface area (Å²) in [5.41, 5.74) is 0. The zero-order valence-electron chi connectivity index (χ0n) is 5.68. The van der Waals surface area contributed by atoms with E-state index in [1.54, 1.807) is 0 Å². The summed E-state index contributed by atoms with van der Waals surface area (Å²) >= 11 is 5.13. The maximum Gasteiger partial charge on any atom is 0.0642 e. The molecule has 0 heterocycles. The highest BCUT2D eigenvalue weighted by Crippen LogP contribution is 2.41. The molecule has 1 atom stereocenters. The molecule has 0 bridgehead atoms. The number of hydrogen-bond donors (Lipinski definition) is 0. The molecular formula is C5H13OPS. The third-order valence-electron chi connectivity index (χ3n) is 0.977. The van der Waals surface area contributed by atoms with Gasteiger partial charge < -0.3 is 4.52 Å². The summed E-state index contributed by atoms with van der Waals surface area (Å²) in [6.07, 6.45) is -0.330. The van der Waals surface area contributed by atoms with Crippen LogP contribution in [0.1, 0.15) is 13.8 Å². The second-order valence-electron chi connectivity index (χ2n) is 1.75. The maximum atomic E-state index is 5.30. The van der Waals surface area contributed by atoms with Crippen LogP contribution < -0.4 is 0 Å². The lowest BCUT2D eigenvalue weighted by atomic mass is 10.9. The van der Waals surface area contributed by atoms with Gasteiger partial charge in [-0.25, -0.2) is 0 Å². The molecule has 0 aliphatic carbocycles. The van der Waals surface area contributed by atoms with Crippen molar-refractivity contribution in [3.05, 3.63) is 0 Å². The van der Waals surface area contributed by atoms with Crippen molar-refractivity contribution in [1.82, 2.24) is 0 Å². The van der Waals surface area contributed by atoms with Crippen LogP contribution in [0, 0.1) is 0 Å². The van der Waals surface area contributed by atoms with Crippen LogP contribution in [0.4, 0.5) is 0 Å². The average molecular weight is 152 g/mol. The van der Waals surface area contributed by atoms with E-state index in [0.29, 0.717) is 0 Å². The molecule has 0 aliphatic rings. The van der Waals surface area contributed by atoms with Crippen LogP contribution in [-0.2, 0) is 16.3 Å². The molecule has 0 aliphatic heterocycles. The molecule has 0 spiro atoms. The van der Waals surface area contributed by atoms with E-state index in [-0.39, 0.29) is 0 Å².